The summed E-state index contributed by atoms with van der Waals surface area (Å²) in [7, 11) is 0. The summed E-state index contributed by atoms with van der Waals surface area (Å²) in [5, 5.41) is 0. The Bertz CT molecular complexity index is 1180. The van der Waals surface area contributed by atoms with Crippen molar-refractivity contribution in [3.05, 3.63) is 60.8 Å². The van der Waals surface area contributed by atoms with Gasteiger partial charge in [0.25, 0.3) is 0 Å². The fourth-order valence-corrected chi connectivity index (χ4v) is 7.73. The van der Waals surface area contributed by atoms with Crippen LogP contribution in [0.25, 0.3) is 0 Å². The van der Waals surface area contributed by atoms with E-state index in [2.05, 4.69) is 81.5 Å². The van der Waals surface area contributed by atoms with Gasteiger partial charge < -0.3 is 14.2 Å². The van der Waals surface area contributed by atoms with Crippen molar-refractivity contribution in [3.63, 3.8) is 0 Å². The first-order valence-electron chi connectivity index (χ1n) is 27.8. The Morgan fingerprint density at radius 3 is 0.908 bits per heavy atom. The van der Waals surface area contributed by atoms with Crippen molar-refractivity contribution in [2.75, 3.05) is 13.2 Å². The average Bonchev–Trinajstić information content (AvgIpc) is 3.30. The molecule has 0 rings (SSSR count). The van der Waals surface area contributed by atoms with Crippen molar-refractivity contribution in [2.45, 2.75) is 284 Å². The highest BCUT2D eigenvalue weighted by atomic mass is 16.6. The van der Waals surface area contributed by atoms with E-state index in [4.69, 9.17) is 14.2 Å². The highest BCUT2D eigenvalue weighted by molar-refractivity contribution is 5.71. The molecule has 65 heavy (non-hydrogen) atoms. The van der Waals surface area contributed by atoms with Crippen LogP contribution in [0.5, 0.6) is 0 Å². The quantitative estimate of drug-likeness (QED) is 0.0262. The first-order chi connectivity index (χ1) is 32.0. The number of carbonyl (C=O) groups is 3. The van der Waals surface area contributed by atoms with Crippen LogP contribution in [0.1, 0.15) is 278 Å². The summed E-state index contributed by atoms with van der Waals surface area (Å²) < 4.78 is 16.8. The molecule has 0 heterocycles. The van der Waals surface area contributed by atoms with Crippen LogP contribution < -0.4 is 0 Å². The Kier molecular flexibility index (Phi) is 51.3. The molecule has 0 aromatic heterocycles. The first kappa shape index (κ1) is 62.1. The Labute approximate surface area is 402 Å². The van der Waals surface area contributed by atoms with E-state index in [-0.39, 0.29) is 31.1 Å². The largest absolute Gasteiger partial charge is 0.462 e. The van der Waals surface area contributed by atoms with Gasteiger partial charge in [0.1, 0.15) is 13.2 Å². The molecule has 0 saturated carbocycles. The molecule has 0 aromatic rings. The second kappa shape index (κ2) is 53.7. The van der Waals surface area contributed by atoms with Gasteiger partial charge in [-0.3, -0.25) is 14.4 Å². The van der Waals surface area contributed by atoms with Crippen LogP contribution in [-0.2, 0) is 28.6 Å². The molecular formula is C59H104O6. The number of carbonyl (C=O) groups excluding carboxylic acids is 3. The van der Waals surface area contributed by atoms with Crippen LogP contribution >= 0.6 is 0 Å². The van der Waals surface area contributed by atoms with E-state index >= 15 is 0 Å². The van der Waals surface area contributed by atoms with E-state index < -0.39 is 6.10 Å². The van der Waals surface area contributed by atoms with Gasteiger partial charge in [0.05, 0.1) is 0 Å². The van der Waals surface area contributed by atoms with Gasteiger partial charge in [0.2, 0.25) is 0 Å². The molecule has 6 heteroatoms. The minimum Gasteiger partial charge on any atom is -0.462 e. The lowest BCUT2D eigenvalue weighted by atomic mass is 10.1. The van der Waals surface area contributed by atoms with Crippen LogP contribution in [0.4, 0.5) is 0 Å². The molecular weight excluding hydrogens is 805 g/mol. The van der Waals surface area contributed by atoms with Crippen molar-refractivity contribution in [3.8, 4) is 0 Å². The van der Waals surface area contributed by atoms with Crippen LogP contribution in [0.15, 0.2) is 60.8 Å². The number of unbranched alkanes of at least 4 members (excludes halogenated alkanes) is 29. The van der Waals surface area contributed by atoms with E-state index in [1.54, 1.807) is 0 Å². The maximum absolute atomic E-state index is 12.8. The third-order valence-electron chi connectivity index (χ3n) is 12.0. The van der Waals surface area contributed by atoms with Gasteiger partial charge in [-0.25, -0.2) is 0 Å². The standard InChI is InChI=1S/C59H104O6/c1-4-7-10-13-16-19-22-25-28-29-32-34-37-40-43-46-49-52-58(61)64-55-56(65-59(62)53-50-47-44-41-38-35-31-27-24-21-18-15-12-9-6-3)54-63-57(60)51-48-45-42-39-36-33-30-26-23-20-17-14-11-8-5-2/h16,19-21,23-25,28,32,34,56H,4-15,17-18,22,26-27,29-31,33,35-55H2,1-3H3/b19-16+,23-20+,24-21+,28-25+,34-32+/t56-/m1/s1. The third kappa shape index (κ3) is 51.9. The molecule has 0 aromatic carbocycles. The summed E-state index contributed by atoms with van der Waals surface area (Å²) in [6.45, 7) is 6.58. The molecule has 376 valence electrons. The third-order valence-corrected chi connectivity index (χ3v) is 12.0. The SMILES string of the molecule is CCCCC/C=C/C/C=C/C/C=C/CCCCCCC(=O)OC[C@@H](COC(=O)CCCCCCCCC/C=C/CCCCCC)OC(=O)CCCCCCCCC/C=C/CCCCCC. The summed E-state index contributed by atoms with van der Waals surface area (Å²) in [5.74, 6) is -0.908. The Morgan fingerprint density at radius 1 is 0.308 bits per heavy atom. The van der Waals surface area contributed by atoms with Crippen molar-refractivity contribution in [2.24, 2.45) is 0 Å². The Hall–Kier alpha value is -2.89. The van der Waals surface area contributed by atoms with E-state index in [0.29, 0.717) is 19.3 Å². The number of esters is 3. The number of ether oxygens (including phenoxy) is 3. The molecule has 0 saturated heterocycles. The number of allylic oxidation sites excluding steroid dienone is 10. The van der Waals surface area contributed by atoms with E-state index in [0.717, 1.165) is 83.5 Å². The molecule has 0 amide bonds. The van der Waals surface area contributed by atoms with Crippen LogP contribution in [0.3, 0.4) is 0 Å². The minimum atomic E-state index is -0.787. The molecule has 0 aliphatic rings. The molecule has 0 spiro atoms. The smallest absolute Gasteiger partial charge is 0.306 e. The molecule has 0 aliphatic heterocycles. The molecule has 6 nitrogen and oxygen atoms in total. The minimum absolute atomic E-state index is 0.0848. The maximum atomic E-state index is 12.8. The zero-order valence-corrected chi connectivity index (χ0v) is 43.0. The first-order valence-corrected chi connectivity index (χ1v) is 27.8. The predicted octanol–water partition coefficient (Wildman–Crippen LogP) is 18.4. The molecule has 0 aliphatic carbocycles. The summed E-state index contributed by atoms with van der Waals surface area (Å²) in [4.78, 5) is 38.1. The highest BCUT2D eigenvalue weighted by Crippen LogP contribution is 2.15. The second-order valence-corrected chi connectivity index (χ2v) is 18.5. The predicted molar refractivity (Wildman–Crippen MR) is 279 cm³/mol. The molecule has 0 unspecified atom stereocenters. The van der Waals surface area contributed by atoms with E-state index in [1.165, 1.54) is 154 Å². The lowest BCUT2D eigenvalue weighted by Crippen LogP contribution is -2.30. The number of rotatable bonds is 50. The van der Waals surface area contributed by atoms with Gasteiger partial charge >= 0.3 is 17.9 Å². The lowest BCUT2D eigenvalue weighted by Gasteiger charge is -2.18. The normalized spacial score (nSPS) is 12.5. The van der Waals surface area contributed by atoms with E-state index in [9.17, 15) is 14.4 Å². The maximum Gasteiger partial charge on any atom is 0.306 e. The van der Waals surface area contributed by atoms with E-state index in [1.807, 2.05) is 0 Å². The molecule has 0 N–H and O–H groups in total. The van der Waals surface area contributed by atoms with Crippen molar-refractivity contribution in [1.82, 2.24) is 0 Å². The highest BCUT2D eigenvalue weighted by Gasteiger charge is 2.19. The fraction of sp³-hybridized carbons (Fsp3) is 0.780. The summed E-state index contributed by atoms with van der Waals surface area (Å²) in [5.41, 5.74) is 0. The van der Waals surface area contributed by atoms with Gasteiger partial charge in [-0.1, -0.05) is 210 Å². The van der Waals surface area contributed by atoms with Crippen molar-refractivity contribution < 1.29 is 28.6 Å². The lowest BCUT2D eigenvalue weighted by molar-refractivity contribution is -0.167. The van der Waals surface area contributed by atoms with Crippen LogP contribution in [0, 0.1) is 0 Å². The van der Waals surface area contributed by atoms with Gasteiger partial charge in [0, 0.05) is 19.3 Å². The Morgan fingerprint density at radius 2 is 0.554 bits per heavy atom. The number of hydrogen-bond donors (Lipinski definition) is 0. The number of hydrogen-bond acceptors (Lipinski definition) is 6. The van der Waals surface area contributed by atoms with Crippen molar-refractivity contribution >= 4 is 17.9 Å². The molecule has 0 radical (unpaired) electrons. The van der Waals surface area contributed by atoms with Gasteiger partial charge in [-0.05, 0) is 109 Å². The van der Waals surface area contributed by atoms with Gasteiger partial charge in [-0.2, -0.15) is 0 Å². The van der Waals surface area contributed by atoms with Crippen LogP contribution in [-0.4, -0.2) is 37.2 Å². The fourth-order valence-electron chi connectivity index (χ4n) is 7.73. The average molecular weight is 909 g/mol. The summed E-state index contributed by atoms with van der Waals surface area (Å²) >= 11 is 0. The second-order valence-electron chi connectivity index (χ2n) is 18.5. The topological polar surface area (TPSA) is 78.9 Å². The Balaban J connectivity index is 4.42. The zero-order chi connectivity index (χ0) is 47.2. The van der Waals surface area contributed by atoms with Crippen molar-refractivity contribution in [1.29, 1.82) is 0 Å². The summed E-state index contributed by atoms with van der Waals surface area (Å²) in [6.07, 6.45) is 66.2. The molecule has 1 atom stereocenters. The zero-order valence-electron chi connectivity index (χ0n) is 43.0. The monoisotopic (exact) mass is 909 g/mol. The van der Waals surface area contributed by atoms with Gasteiger partial charge in [-0.15, -0.1) is 0 Å². The molecule has 0 fully saturated rings. The molecule has 0 bridgehead atoms. The van der Waals surface area contributed by atoms with Crippen LogP contribution in [0.2, 0.25) is 0 Å². The summed E-state index contributed by atoms with van der Waals surface area (Å²) in [6, 6.07) is 0. The van der Waals surface area contributed by atoms with Gasteiger partial charge in [0.15, 0.2) is 6.10 Å².